The van der Waals surface area contributed by atoms with Crippen molar-refractivity contribution in [2.75, 3.05) is 39.3 Å². The Balaban J connectivity index is 0.000000201. The molecule has 212 valence electrons. The fraction of sp³-hybridized carbons (Fsp3) is 1.00. The normalized spacial score (nSPS) is 32.0. The van der Waals surface area contributed by atoms with Crippen LogP contribution in [0.25, 0.3) is 0 Å². The molecule has 2 saturated heterocycles. The fourth-order valence-corrected chi connectivity index (χ4v) is 7.63. The van der Waals surface area contributed by atoms with Crippen LogP contribution in [0.1, 0.15) is 125 Å². The van der Waals surface area contributed by atoms with Crippen LogP contribution in [-0.4, -0.2) is 61.3 Å². The van der Waals surface area contributed by atoms with Crippen molar-refractivity contribution >= 4 is 0 Å². The first-order valence-corrected chi connectivity index (χ1v) is 16.5. The van der Waals surface area contributed by atoms with Crippen LogP contribution in [0.3, 0.4) is 0 Å². The van der Waals surface area contributed by atoms with Crippen LogP contribution >= 0.6 is 0 Å². The van der Waals surface area contributed by atoms with Gasteiger partial charge in [0.2, 0.25) is 0 Å². The minimum Gasteiger partial charge on any atom is -0.375 e. The number of nitrogens with zero attached hydrogens (tertiary/aromatic N) is 2. The summed E-state index contributed by atoms with van der Waals surface area (Å²) in [5.74, 6) is 5.87. The zero-order valence-electron chi connectivity index (χ0n) is 25.4. The number of piperidine rings is 2. The van der Waals surface area contributed by atoms with E-state index >= 15 is 0 Å². The van der Waals surface area contributed by atoms with E-state index in [-0.39, 0.29) is 0 Å². The molecule has 0 aromatic carbocycles. The Morgan fingerprint density at radius 1 is 0.528 bits per heavy atom. The third kappa shape index (κ3) is 10.2. The van der Waals surface area contributed by atoms with Gasteiger partial charge in [0.1, 0.15) is 0 Å². The number of hydrogen-bond donors (Lipinski definition) is 0. The lowest BCUT2D eigenvalue weighted by Crippen LogP contribution is -2.39. The molecular weight excluding hydrogens is 440 g/mol. The van der Waals surface area contributed by atoms with Gasteiger partial charge < -0.3 is 14.5 Å². The Bertz CT molecular complexity index is 496. The molecule has 2 aliphatic carbocycles. The summed E-state index contributed by atoms with van der Waals surface area (Å²) < 4.78 is 6.33. The number of likely N-dealkylation sites (tertiary alicyclic amines) is 2. The van der Waals surface area contributed by atoms with Crippen molar-refractivity contribution in [1.82, 2.24) is 9.80 Å². The molecule has 0 N–H and O–H groups in total. The van der Waals surface area contributed by atoms with Gasteiger partial charge in [0.05, 0.1) is 12.2 Å². The molecule has 0 spiro atoms. The second-order valence-corrected chi connectivity index (χ2v) is 13.7. The highest BCUT2D eigenvalue weighted by Crippen LogP contribution is 2.38. The van der Waals surface area contributed by atoms with Gasteiger partial charge in [-0.3, -0.25) is 0 Å². The highest BCUT2D eigenvalue weighted by Gasteiger charge is 2.28. The summed E-state index contributed by atoms with van der Waals surface area (Å²) in [5, 5.41) is 0. The van der Waals surface area contributed by atoms with Crippen molar-refractivity contribution in [3.05, 3.63) is 0 Å². The monoisotopic (exact) mass is 505 g/mol. The van der Waals surface area contributed by atoms with Gasteiger partial charge >= 0.3 is 0 Å². The van der Waals surface area contributed by atoms with E-state index in [0.717, 1.165) is 35.5 Å². The van der Waals surface area contributed by atoms with Gasteiger partial charge in [0.15, 0.2) is 0 Å². The van der Waals surface area contributed by atoms with Gasteiger partial charge in [-0.2, -0.15) is 0 Å². The molecule has 4 aliphatic rings. The Morgan fingerprint density at radius 3 is 1.36 bits per heavy atom. The van der Waals surface area contributed by atoms with Crippen LogP contribution in [0.2, 0.25) is 0 Å². The summed E-state index contributed by atoms with van der Waals surface area (Å²) in [7, 11) is 0. The summed E-state index contributed by atoms with van der Waals surface area (Å²) >= 11 is 0. The zero-order chi connectivity index (χ0) is 25.9. The lowest BCUT2D eigenvalue weighted by Gasteiger charge is -2.36. The smallest absolute Gasteiger partial charge is 0.0603 e. The molecule has 4 fully saturated rings. The van der Waals surface area contributed by atoms with Gasteiger partial charge in [-0.1, -0.05) is 54.4 Å². The van der Waals surface area contributed by atoms with Crippen molar-refractivity contribution < 1.29 is 4.74 Å². The molecule has 2 heterocycles. The SMILES string of the molecule is CCN1CCC(CC2CCC(C(C)C)CC2)CC1.CCN1CCC(OC2CCC(C(C)C)CC2)CC1. The molecule has 0 atom stereocenters. The third-order valence-electron chi connectivity index (χ3n) is 10.7. The predicted octanol–water partition coefficient (Wildman–Crippen LogP) is 8.27. The van der Waals surface area contributed by atoms with E-state index in [1.807, 2.05) is 0 Å². The Morgan fingerprint density at radius 2 is 0.917 bits per heavy atom. The molecule has 4 rings (SSSR count). The summed E-state index contributed by atoms with van der Waals surface area (Å²) in [6.07, 6.45) is 19.5. The minimum absolute atomic E-state index is 0.549. The van der Waals surface area contributed by atoms with Crippen LogP contribution in [-0.2, 0) is 4.74 Å². The second kappa shape index (κ2) is 16.1. The lowest BCUT2D eigenvalue weighted by atomic mass is 9.73. The van der Waals surface area contributed by atoms with Gasteiger partial charge in [-0.25, -0.2) is 0 Å². The van der Waals surface area contributed by atoms with Crippen LogP contribution in [0.4, 0.5) is 0 Å². The largest absolute Gasteiger partial charge is 0.375 e. The average Bonchev–Trinajstić information content (AvgIpc) is 2.90. The molecule has 0 aromatic rings. The first kappa shape index (κ1) is 30.4. The standard InChI is InChI=1S/C17H33N.C16H31NO/c1-4-18-11-9-16(10-12-18)13-15-5-7-17(8-6-15)14(2)3;1-4-17-11-9-16(10-12-17)18-15-7-5-14(6-8-15)13(2)3/h14-17H,4-13H2,1-3H3;13-16H,4-12H2,1-3H3. The van der Waals surface area contributed by atoms with E-state index in [1.54, 1.807) is 6.42 Å². The fourth-order valence-electron chi connectivity index (χ4n) is 7.63. The summed E-state index contributed by atoms with van der Waals surface area (Å²) in [6.45, 7) is 21.8. The molecule has 0 radical (unpaired) electrons. The molecular formula is C33H64N2O. The first-order chi connectivity index (χ1) is 17.4. The zero-order valence-corrected chi connectivity index (χ0v) is 25.4. The quantitative estimate of drug-likeness (QED) is 0.331. The van der Waals surface area contributed by atoms with Gasteiger partial charge in [0.25, 0.3) is 0 Å². The van der Waals surface area contributed by atoms with E-state index in [4.69, 9.17) is 4.74 Å². The highest BCUT2D eigenvalue weighted by molar-refractivity contribution is 4.80. The average molecular weight is 505 g/mol. The summed E-state index contributed by atoms with van der Waals surface area (Å²) in [5.41, 5.74) is 0. The molecule has 0 bridgehead atoms. The predicted molar refractivity (Wildman–Crippen MR) is 157 cm³/mol. The van der Waals surface area contributed by atoms with E-state index < -0.39 is 0 Å². The molecule has 0 aromatic heterocycles. The van der Waals surface area contributed by atoms with Crippen molar-refractivity contribution in [3.8, 4) is 0 Å². The van der Waals surface area contributed by atoms with E-state index in [9.17, 15) is 0 Å². The highest BCUT2D eigenvalue weighted by atomic mass is 16.5. The first-order valence-electron chi connectivity index (χ1n) is 16.5. The molecule has 2 aliphatic heterocycles. The van der Waals surface area contributed by atoms with E-state index in [0.29, 0.717) is 12.2 Å². The molecule has 2 saturated carbocycles. The van der Waals surface area contributed by atoms with Crippen LogP contribution in [0.5, 0.6) is 0 Å². The molecule has 36 heavy (non-hydrogen) atoms. The Labute approximate surface area is 226 Å². The van der Waals surface area contributed by atoms with E-state index in [2.05, 4.69) is 51.3 Å². The van der Waals surface area contributed by atoms with Crippen molar-refractivity contribution in [2.24, 2.45) is 35.5 Å². The van der Waals surface area contributed by atoms with Crippen LogP contribution in [0.15, 0.2) is 0 Å². The number of hydrogen-bond acceptors (Lipinski definition) is 3. The van der Waals surface area contributed by atoms with Gasteiger partial charge in [0, 0.05) is 13.1 Å². The number of rotatable bonds is 8. The van der Waals surface area contributed by atoms with Gasteiger partial charge in [-0.15, -0.1) is 0 Å². The van der Waals surface area contributed by atoms with Crippen molar-refractivity contribution in [2.45, 2.75) is 137 Å². The molecule has 0 amide bonds. The van der Waals surface area contributed by atoms with Crippen LogP contribution in [0, 0.1) is 35.5 Å². The third-order valence-corrected chi connectivity index (χ3v) is 10.7. The maximum Gasteiger partial charge on any atom is 0.0603 e. The minimum atomic E-state index is 0.549. The number of ether oxygens (including phenoxy) is 1. The maximum absolute atomic E-state index is 6.33. The topological polar surface area (TPSA) is 15.7 Å². The summed E-state index contributed by atoms with van der Waals surface area (Å²) in [6, 6.07) is 0. The molecule has 0 unspecified atom stereocenters. The second-order valence-electron chi connectivity index (χ2n) is 13.7. The maximum atomic E-state index is 6.33. The Hall–Kier alpha value is -0.120. The molecule has 3 nitrogen and oxygen atoms in total. The van der Waals surface area contributed by atoms with E-state index in [1.165, 1.54) is 116 Å². The summed E-state index contributed by atoms with van der Waals surface area (Å²) in [4.78, 5) is 5.15. The van der Waals surface area contributed by atoms with Gasteiger partial charge in [-0.05, 0) is 132 Å². The molecule has 3 heteroatoms. The van der Waals surface area contributed by atoms with Crippen LogP contribution < -0.4 is 0 Å². The van der Waals surface area contributed by atoms with Crippen molar-refractivity contribution in [1.29, 1.82) is 0 Å². The van der Waals surface area contributed by atoms with Crippen molar-refractivity contribution in [3.63, 3.8) is 0 Å². The lowest BCUT2D eigenvalue weighted by molar-refractivity contribution is -0.0624. The Kier molecular flexibility index (Phi) is 13.6.